The maximum atomic E-state index is 12.2. The first-order valence-electron chi connectivity index (χ1n) is 8.28. The second-order valence-electron chi connectivity index (χ2n) is 5.83. The van der Waals surface area contributed by atoms with E-state index in [-0.39, 0.29) is 5.91 Å². The van der Waals surface area contributed by atoms with Crippen molar-refractivity contribution in [2.45, 2.75) is 20.3 Å². The molecule has 0 N–H and O–H groups in total. The molecule has 23 heavy (non-hydrogen) atoms. The first-order valence-corrected chi connectivity index (χ1v) is 9.10. The number of nitrogens with zero attached hydrogens (tertiary/aromatic N) is 3. The summed E-state index contributed by atoms with van der Waals surface area (Å²) in [6.45, 7) is 9.40. The van der Waals surface area contributed by atoms with Crippen LogP contribution >= 0.6 is 11.8 Å². The molecular weight excluding hydrogens is 306 g/mol. The zero-order chi connectivity index (χ0) is 16.2. The number of aliphatic imine (C=N–C) groups is 1. The molecule has 0 atom stereocenters. The Morgan fingerprint density at radius 3 is 2.43 bits per heavy atom. The van der Waals surface area contributed by atoms with Crippen LogP contribution in [0.5, 0.6) is 0 Å². The highest BCUT2D eigenvalue weighted by Crippen LogP contribution is 2.30. The average molecular weight is 329 g/mol. The van der Waals surface area contributed by atoms with Gasteiger partial charge in [-0.25, -0.2) is 0 Å². The molecule has 1 fully saturated rings. The number of likely N-dealkylation sites (N-methyl/N-ethyl adjacent to an activating group) is 1. The van der Waals surface area contributed by atoms with E-state index in [4.69, 9.17) is 0 Å². The Morgan fingerprint density at radius 2 is 1.83 bits per heavy atom. The van der Waals surface area contributed by atoms with Gasteiger partial charge in [-0.1, -0.05) is 38.1 Å². The Kier molecular flexibility index (Phi) is 5.18. The van der Waals surface area contributed by atoms with Crippen molar-refractivity contribution in [2.75, 3.05) is 32.7 Å². The fourth-order valence-electron chi connectivity index (χ4n) is 2.79. The second-order valence-corrected chi connectivity index (χ2v) is 6.84. The molecule has 2 aliphatic heterocycles. The molecule has 122 valence electrons. The van der Waals surface area contributed by atoms with Crippen LogP contribution in [0.3, 0.4) is 0 Å². The zero-order valence-electron chi connectivity index (χ0n) is 13.8. The van der Waals surface area contributed by atoms with Crippen LogP contribution in [-0.4, -0.2) is 53.6 Å². The van der Waals surface area contributed by atoms with Gasteiger partial charge in [0.15, 0.2) is 5.17 Å². The third kappa shape index (κ3) is 3.85. The molecule has 0 bridgehead atoms. The summed E-state index contributed by atoms with van der Waals surface area (Å²) in [4.78, 5) is 21.8. The Labute approximate surface area is 142 Å². The van der Waals surface area contributed by atoms with Gasteiger partial charge >= 0.3 is 0 Å². The van der Waals surface area contributed by atoms with Crippen molar-refractivity contribution in [2.24, 2.45) is 4.99 Å². The van der Waals surface area contributed by atoms with Gasteiger partial charge in [0.1, 0.15) is 0 Å². The Morgan fingerprint density at radius 1 is 1.13 bits per heavy atom. The first-order chi connectivity index (χ1) is 11.2. The van der Waals surface area contributed by atoms with E-state index in [1.54, 1.807) is 0 Å². The lowest BCUT2D eigenvalue weighted by atomic mass is 10.1. The summed E-state index contributed by atoms with van der Waals surface area (Å²) in [5.74, 6) is -0.109. The summed E-state index contributed by atoms with van der Waals surface area (Å²) >= 11 is 1.51. The number of thioether (sulfide) groups is 1. The van der Waals surface area contributed by atoms with Crippen LogP contribution in [0.15, 0.2) is 34.2 Å². The van der Waals surface area contributed by atoms with Crippen LogP contribution in [0.2, 0.25) is 0 Å². The number of amidine groups is 1. The lowest BCUT2D eigenvalue weighted by Crippen LogP contribution is -2.47. The molecule has 1 aromatic carbocycles. The fourth-order valence-corrected chi connectivity index (χ4v) is 3.75. The van der Waals surface area contributed by atoms with Gasteiger partial charge in [-0.15, -0.1) is 0 Å². The van der Waals surface area contributed by atoms with Crippen molar-refractivity contribution < 1.29 is 4.79 Å². The minimum Gasteiger partial charge on any atom is -0.348 e. The van der Waals surface area contributed by atoms with Gasteiger partial charge in [0.25, 0.3) is 5.91 Å². The highest BCUT2D eigenvalue weighted by atomic mass is 32.2. The van der Waals surface area contributed by atoms with Crippen molar-refractivity contribution in [3.05, 3.63) is 40.3 Å². The summed E-state index contributed by atoms with van der Waals surface area (Å²) in [5, 5.41) is 0.863. The molecule has 0 radical (unpaired) electrons. The zero-order valence-corrected chi connectivity index (χ0v) is 14.6. The second kappa shape index (κ2) is 7.32. The van der Waals surface area contributed by atoms with Gasteiger partial charge < -0.3 is 9.80 Å². The van der Waals surface area contributed by atoms with E-state index >= 15 is 0 Å². The first kappa shape index (κ1) is 16.3. The Hall–Kier alpha value is -1.59. The van der Waals surface area contributed by atoms with Crippen LogP contribution in [0.25, 0.3) is 6.08 Å². The maximum absolute atomic E-state index is 12.2. The van der Waals surface area contributed by atoms with Gasteiger partial charge in [-0.2, -0.15) is 4.99 Å². The summed E-state index contributed by atoms with van der Waals surface area (Å²) < 4.78 is 0. The number of rotatable bonds is 3. The molecule has 0 saturated carbocycles. The fraction of sp³-hybridized carbons (Fsp3) is 0.444. The largest absolute Gasteiger partial charge is 0.348 e. The van der Waals surface area contributed by atoms with Crippen LogP contribution in [-0.2, 0) is 11.2 Å². The number of hydrogen-bond acceptors (Lipinski definition) is 4. The van der Waals surface area contributed by atoms with Crippen molar-refractivity contribution in [3.63, 3.8) is 0 Å². The van der Waals surface area contributed by atoms with Crippen molar-refractivity contribution in [1.29, 1.82) is 0 Å². The molecule has 2 heterocycles. The molecule has 0 unspecified atom stereocenters. The molecule has 4 nitrogen and oxygen atoms in total. The van der Waals surface area contributed by atoms with Gasteiger partial charge in [-0.05, 0) is 41.9 Å². The Bertz CT molecular complexity index is 628. The van der Waals surface area contributed by atoms with Crippen molar-refractivity contribution in [1.82, 2.24) is 9.80 Å². The normalized spacial score (nSPS) is 21.1. The van der Waals surface area contributed by atoms with Crippen LogP contribution in [0.1, 0.15) is 25.0 Å². The molecule has 2 aliphatic rings. The predicted molar refractivity (Wildman–Crippen MR) is 97.5 cm³/mol. The number of hydrogen-bond donors (Lipinski definition) is 0. The summed E-state index contributed by atoms with van der Waals surface area (Å²) in [7, 11) is 0. The monoisotopic (exact) mass is 329 g/mol. The van der Waals surface area contributed by atoms with Crippen molar-refractivity contribution >= 4 is 28.9 Å². The third-order valence-corrected chi connectivity index (χ3v) is 5.43. The molecule has 0 spiro atoms. The van der Waals surface area contributed by atoms with Crippen LogP contribution in [0.4, 0.5) is 0 Å². The van der Waals surface area contributed by atoms with E-state index in [0.717, 1.165) is 54.8 Å². The number of piperazine rings is 1. The molecule has 3 rings (SSSR count). The molecule has 0 aliphatic carbocycles. The third-order valence-electron chi connectivity index (χ3n) is 4.38. The van der Waals surface area contributed by atoms with Crippen molar-refractivity contribution in [3.8, 4) is 0 Å². The van der Waals surface area contributed by atoms with Crippen LogP contribution in [0, 0.1) is 0 Å². The minimum absolute atomic E-state index is 0.109. The highest BCUT2D eigenvalue weighted by molar-refractivity contribution is 8.18. The highest BCUT2D eigenvalue weighted by Gasteiger charge is 2.28. The Balaban J connectivity index is 1.66. The predicted octanol–water partition coefficient (Wildman–Crippen LogP) is 2.86. The number of aryl methyl sites for hydroxylation is 1. The lowest BCUT2D eigenvalue weighted by molar-refractivity contribution is -0.113. The lowest BCUT2D eigenvalue weighted by Gasteiger charge is -2.34. The molecule has 1 saturated heterocycles. The van der Waals surface area contributed by atoms with Gasteiger partial charge in [-0.3, -0.25) is 4.79 Å². The topological polar surface area (TPSA) is 35.9 Å². The SMILES string of the molecule is CCc1ccc(/C=C2\SC(N3CCN(CC)CC3)=NC2=O)cc1. The molecule has 5 heteroatoms. The quantitative estimate of drug-likeness (QED) is 0.799. The van der Waals surface area contributed by atoms with Gasteiger partial charge in [0.2, 0.25) is 0 Å². The molecule has 1 aromatic rings. The smallest absolute Gasteiger partial charge is 0.286 e. The molecule has 1 amide bonds. The summed E-state index contributed by atoms with van der Waals surface area (Å²) in [5.41, 5.74) is 2.37. The maximum Gasteiger partial charge on any atom is 0.286 e. The van der Waals surface area contributed by atoms with E-state index in [1.165, 1.54) is 17.3 Å². The average Bonchev–Trinajstić information content (AvgIpc) is 2.96. The van der Waals surface area contributed by atoms with E-state index in [2.05, 4.69) is 52.9 Å². The summed E-state index contributed by atoms with van der Waals surface area (Å²) in [6, 6.07) is 8.36. The number of carbonyl (C=O) groups excluding carboxylic acids is 1. The van der Waals surface area contributed by atoms with Crippen LogP contribution < -0.4 is 0 Å². The van der Waals surface area contributed by atoms with E-state index in [1.807, 2.05) is 6.08 Å². The standard InChI is InChI=1S/C18H23N3OS/c1-3-14-5-7-15(8-6-14)13-16-17(22)19-18(23-16)21-11-9-20(4-2)10-12-21/h5-8,13H,3-4,9-12H2,1-2H3/b16-13-. The summed E-state index contributed by atoms with van der Waals surface area (Å²) in [6.07, 6.45) is 2.98. The molecular formula is C18H23N3OS. The van der Waals surface area contributed by atoms with Gasteiger partial charge in [0, 0.05) is 26.2 Å². The number of amides is 1. The molecule has 0 aromatic heterocycles. The minimum atomic E-state index is -0.109. The van der Waals surface area contributed by atoms with E-state index < -0.39 is 0 Å². The van der Waals surface area contributed by atoms with E-state index in [9.17, 15) is 4.79 Å². The van der Waals surface area contributed by atoms with E-state index in [0.29, 0.717) is 0 Å². The number of benzene rings is 1. The number of carbonyl (C=O) groups is 1. The van der Waals surface area contributed by atoms with Gasteiger partial charge in [0.05, 0.1) is 4.91 Å².